The highest BCUT2D eigenvalue weighted by molar-refractivity contribution is 7.99. The largest absolute Gasteiger partial charge is 0.480 e. The Labute approximate surface area is 226 Å². The van der Waals surface area contributed by atoms with Crippen LogP contribution in [0.25, 0.3) is 0 Å². The van der Waals surface area contributed by atoms with Gasteiger partial charge in [0.15, 0.2) is 0 Å². The number of nitrogens with zero attached hydrogens (tertiary/aromatic N) is 1. The molecule has 0 spiro atoms. The average molecular weight is 575 g/mol. The van der Waals surface area contributed by atoms with Crippen LogP contribution in [0.1, 0.15) is 22.8 Å². The van der Waals surface area contributed by atoms with Crippen molar-refractivity contribution in [2.24, 2.45) is 0 Å². The highest BCUT2D eigenvalue weighted by atomic mass is 35.5. The number of carboxylic acids is 1. The van der Waals surface area contributed by atoms with Gasteiger partial charge in [-0.05, 0) is 36.8 Å². The molecule has 1 fully saturated rings. The molecule has 2 atom stereocenters. The van der Waals surface area contributed by atoms with E-state index in [-0.39, 0.29) is 40.2 Å². The van der Waals surface area contributed by atoms with E-state index in [0.29, 0.717) is 16.3 Å². The minimum absolute atomic E-state index is 0.0307. The summed E-state index contributed by atoms with van der Waals surface area (Å²) in [6.07, 6.45) is -0.651. The Bertz CT molecular complexity index is 1140. The van der Waals surface area contributed by atoms with Crippen LogP contribution in [0.15, 0.2) is 36.4 Å². The number of rotatable bonds is 8. The van der Waals surface area contributed by atoms with Crippen molar-refractivity contribution < 1.29 is 29.0 Å². The Hall–Kier alpha value is -2.66. The predicted octanol–water partition coefficient (Wildman–Crippen LogP) is 4.54. The summed E-state index contributed by atoms with van der Waals surface area (Å²) in [6.45, 7) is 1.83. The maximum absolute atomic E-state index is 12.7. The molecule has 0 radical (unpaired) electrons. The quantitative estimate of drug-likeness (QED) is 0.423. The van der Waals surface area contributed by atoms with E-state index >= 15 is 0 Å². The molecule has 36 heavy (non-hydrogen) atoms. The fourth-order valence-electron chi connectivity index (χ4n) is 3.39. The van der Waals surface area contributed by atoms with Crippen molar-refractivity contribution >= 4 is 76.1 Å². The van der Waals surface area contributed by atoms with Crippen molar-refractivity contribution in [1.29, 1.82) is 0 Å². The van der Waals surface area contributed by atoms with Gasteiger partial charge in [0.05, 0.1) is 28.2 Å². The summed E-state index contributed by atoms with van der Waals surface area (Å²) in [6, 6.07) is 7.02. The number of carboxylic acid groups (broad SMARTS) is 1. The van der Waals surface area contributed by atoms with Gasteiger partial charge in [0, 0.05) is 22.8 Å². The molecular formula is C23H22Cl3N3O6S. The molecule has 0 saturated carbocycles. The van der Waals surface area contributed by atoms with Gasteiger partial charge in [-0.3, -0.25) is 14.5 Å². The zero-order chi connectivity index (χ0) is 26.4. The monoisotopic (exact) mass is 573 g/mol. The van der Waals surface area contributed by atoms with Gasteiger partial charge in [-0.25, -0.2) is 9.59 Å². The molecule has 1 aliphatic rings. The maximum Gasteiger partial charge on any atom is 0.411 e. The minimum atomic E-state index is -1.24. The average Bonchev–Trinajstić information content (AvgIpc) is 3.31. The SMILES string of the molecule is CCOC(=O)N1CSC[C@@H]1C(=O)N[C@@H](Cc1ccc(C(=O)Nc2c(Cl)cc(Cl)cc2Cl)cc1)C(=O)O. The number of amides is 3. The van der Waals surface area contributed by atoms with Crippen LogP contribution < -0.4 is 10.6 Å². The smallest absolute Gasteiger partial charge is 0.411 e. The highest BCUT2D eigenvalue weighted by Gasteiger charge is 2.37. The number of benzene rings is 2. The minimum Gasteiger partial charge on any atom is -0.480 e. The van der Waals surface area contributed by atoms with E-state index in [9.17, 15) is 24.3 Å². The molecule has 3 rings (SSSR count). The second kappa shape index (κ2) is 12.5. The Morgan fingerprint density at radius 1 is 1.14 bits per heavy atom. The second-order valence-corrected chi connectivity index (χ2v) is 9.93. The molecule has 0 aliphatic carbocycles. The standard InChI is InChI=1S/C23H22Cl3N3O6S/c1-2-35-23(34)29-11-36-10-18(29)21(31)27-17(22(32)33)7-12-3-5-13(6-4-12)20(30)28-19-15(25)8-14(24)9-16(19)26/h3-6,8-9,17-18H,2,7,10-11H2,1H3,(H,27,31)(H,28,30)(H,32,33)/t17-,18+/m0/s1. The molecule has 13 heteroatoms. The first-order chi connectivity index (χ1) is 17.1. The number of carbonyl (C=O) groups is 4. The number of hydrogen-bond acceptors (Lipinski definition) is 6. The molecular weight excluding hydrogens is 553 g/mol. The Balaban J connectivity index is 1.65. The second-order valence-electron chi connectivity index (χ2n) is 7.68. The zero-order valence-electron chi connectivity index (χ0n) is 18.9. The van der Waals surface area contributed by atoms with Crippen molar-refractivity contribution in [2.45, 2.75) is 25.4 Å². The number of halogens is 3. The zero-order valence-corrected chi connectivity index (χ0v) is 22.0. The molecule has 1 saturated heterocycles. The molecule has 1 aliphatic heterocycles. The number of aliphatic carboxylic acids is 1. The number of carbonyl (C=O) groups excluding carboxylic acids is 3. The van der Waals surface area contributed by atoms with Crippen molar-refractivity contribution in [3.05, 3.63) is 62.6 Å². The molecule has 2 aromatic carbocycles. The topological polar surface area (TPSA) is 125 Å². The Kier molecular flexibility index (Phi) is 9.72. The summed E-state index contributed by atoms with van der Waals surface area (Å²) in [5.41, 5.74) is 1.07. The third-order valence-corrected chi connectivity index (χ3v) is 7.03. The van der Waals surface area contributed by atoms with Crippen LogP contribution >= 0.6 is 46.6 Å². The first-order valence-electron chi connectivity index (χ1n) is 10.7. The number of ether oxygens (including phenoxy) is 1. The first kappa shape index (κ1) is 27.9. The van der Waals surface area contributed by atoms with Gasteiger partial charge in [-0.1, -0.05) is 46.9 Å². The summed E-state index contributed by atoms with van der Waals surface area (Å²) < 4.78 is 4.96. The normalized spacial score (nSPS) is 15.8. The highest BCUT2D eigenvalue weighted by Crippen LogP contribution is 2.34. The molecule has 0 unspecified atom stereocenters. The fourth-order valence-corrected chi connectivity index (χ4v) is 5.44. The van der Waals surface area contributed by atoms with Gasteiger partial charge in [0.2, 0.25) is 5.91 Å². The summed E-state index contributed by atoms with van der Waals surface area (Å²) in [5, 5.41) is 15.5. The van der Waals surface area contributed by atoms with Gasteiger partial charge >= 0.3 is 12.1 Å². The van der Waals surface area contributed by atoms with E-state index < -0.39 is 36.0 Å². The Morgan fingerprint density at radius 3 is 2.36 bits per heavy atom. The van der Waals surface area contributed by atoms with E-state index in [1.807, 2.05) is 0 Å². The van der Waals surface area contributed by atoms with Crippen molar-refractivity contribution in [3.8, 4) is 0 Å². The van der Waals surface area contributed by atoms with Crippen LogP contribution in [0.5, 0.6) is 0 Å². The third kappa shape index (κ3) is 6.97. The van der Waals surface area contributed by atoms with Crippen molar-refractivity contribution in [2.75, 3.05) is 23.6 Å². The van der Waals surface area contributed by atoms with Gasteiger partial charge < -0.3 is 20.5 Å². The molecule has 3 N–H and O–H groups in total. The number of anilines is 1. The fraction of sp³-hybridized carbons (Fsp3) is 0.304. The molecule has 1 heterocycles. The predicted molar refractivity (Wildman–Crippen MR) is 139 cm³/mol. The van der Waals surface area contributed by atoms with Gasteiger partial charge in [0.1, 0.15) is 12.1 Å². The van der Waals surface area contributed by atoms with Crippen LogP contribution in [0, 0.1) is 0 Å². The lowest BCUT2D eigenvalue weighted by atomic mass is 10.0. The van der Waals surface area contributed by atoms with E-state index in [2.05, 4.69) is 10.6 Å². The lowest BCUT2D eigenvalue weighted by Gasteiger charge is -2.24. The molecule has 9 nitrogen and oxygen atoms in total. The molecule has 3 amide bonds. The molecule has 0 bridgehead atoms. The van der Waals surface area contributed by atoms with Crippen LogP contribution in [-0.4, -0.2) is 64.2 Å². The summed E-state index contributed by atoms with van der Waals surface area (Å²) >= 11 is 19.5. The van der Waals surface area contributed by atoms with Crippen LogP contribution in [-0.2, 0) is 20.7 Å². The summed E-state index contributed by atoms with van der Waals surface area (Å²) in [5.74, 6) is -1.67. The molecule has 192 valence electrons. The Morgan fingerprint density at radius 2 is 1.78 bits per heavy atom. The maximum atomic E-state index is 12.7. The lowest BCUT2D eigenvalue weighted by molar-refractivity contribution is -0.142. The van der Waals surface area contributed by atoms with Crippen LogP contribution in [0.4, 0.5) is 10.5 Å². The van der Waals surface area contributed by atoms with E-state index in [1.165, 1.54) is 40.9 Å². The van der Waals surface area contributed by atoms with Crippen molar-refractivity contribution in [3.63, 3.8) is 0 Å². The lowest BCUT2D eigenvalue weighted by Crippen LogP contribution is -2.52. The van der Waals surface area contributed by atoms with Gasteiger partial charge in [-0.2, -0.15) is 0 Å². The number of hydrogen-bond donors (Lipinski definition) is 3. The first-order valence-corrected chi connectivity index (χ1v) is 13.0. The van der Waals surface area contributed by atoms with E-state index in [0.717, 1.165) is 0 Å². The van der Waals surface area contributed by atoms with Crippen molar-refractivity contribution in [1.82, 2.24) is 10.2 Å². The third-order valence-electron chi connectivity index (χ3n) is 5.20. The van der Waals surface area contributed by atoms with E-state index in [1.54, 1.807) is 19.1 Å². The van der Waals surface area contributed by atoms with Crippen LogP contribution in [0.2, 0.25) is 15.1 Å². The molecule has 0 aromatic heterocycles. The van der Waals surface area contributed by atoms with Gasteiger partial charge in [-0.15, -0.1) is 11.8 Å². The van der Waals surface area contributed by atoms with Crippen LogP contribution in [0.3, 0.4) is 0 Å². The van der Waals surface area contributed by atoms with E-state index in [4.69, 9.17) is 39.5 Å². The van der Waals surface area contributed by atoms with Gasteiger partial charge in [0.25, 0.3) is 5.91 Å². The molecule has 2 aromatic rings. The number of thioether (sulfide) groups is 1. The summed E-state index contributed by atoms with van der Waals surface area (Å²) in [4.78, 5) is 50.5. The summed E-state index contributed by atoms with van der Waals surface area (Å²) in [7, 11) is 0. The number of nitrogens with one attached hydrogen (secondary N) is 2.